The van der Waals surface area contributed by atoms with Crippen molar-refractivity contribution >= 4 is 15.8 Å². The molecule has 2 aromatic rings. The average Bonchev–Trinajstić information content (AvgIpc) is 2.65. The van der Waals surface area contributed by atoms with Crippen LogP contribution in [0.15, 0.2) is 47.4 Å². The summed E-state index contributed by atoms with van der Waals surface area (Å²) in [6, 6.07) is 12.3. The number of benzene rings is 2. The van der Waals surface area contributed by atoms with Gasteiger partial charge in [0.15, 0.2) is 11.5 Å². The second-order valence-electron chi connectivity index (χ2n) is 6.14. The van der Waals surface area contributed by atoms with E-state index in [9.17, 15) is 8.42 Å². The Kier molecular flexibility index (Phi) is 5.38. The van der Waals surface area contributed by atoms with E-state index in [0.717, 1.165) is 17.8 Å². The maximum atomic E-state index is 12.4. The molecule has 7 heteroatoms. The Labute approximate surface area is 154 Å². The second kappa shape index (κ2) is 7.55. The van der Waals surface area contributed by atoms with Crippen LogP contribution in [0, 0.1) is 6.92 Å². The van der Waals surface area contributed by atoms with Crippen LogP contribution in [-0.2, 0) is 14.3 Å². The van der Waals surface area contributed by atoms with Crippen molar-refractivity contribution in [2.75, 3.05) is 31.7 Å². The van der Waals surface area contributed by atoms with E-state index in [4.69, 9.17) is 13.7 Å². The zero-order valence-electron chi connectivity index (χ0n) is 15.1. The van der Waals surface area contributed by atoms with Gasteiger partial charge in [-0.05, 0) is 38.1 Å². The second-order valence-corrected chi connectivity index (χ2v) is 7.75. The molecule has 1 aliphatic rings. The predicted octanol–water partition coefficient (Wildman–Crippen LogP) is 3.00. The van der Waals surface area contributed by atoms with E-state index in [2.05, 4.69) is 4.90 Å². The number of ether oxygens (including phenoxy) is 2. The van der Waals surface area contributed by atoms with Crippen LogP contribution in [-0.4, -0.2) is 41.3 Å². The lowest BCUT2D eigenvalue weighted by Gasteiger charge is -2.36. The molecule has 140 valence electrons. The number of nitrogens with zero attached hydrogens (tertiary/aromatic N) is 1. The summed E-state index contributed by atoms with van der Waals surface area (Å²) in [5, 5.41) is 0. The number of anilines is 1. The predicted molar refractivity (Wildman–Crippen MR) is 99.6 cm³/mol. The quantitative estimate of drug-likeness (QED) is 0.721. The number of hydrogen-bond donors (Lipinski definition) is 0. The largest absolute Gasteiger partial charge is 0.493 e. The first-order valence-electron chi connectivity index (χ1n) is 8.49. The van der Waals surface area contributed by atoms with Crippen molar-refractivity contribution in [1.82, 2.24) is 0 Å². The molecule has 0 aromatic heterocycles. The lowest BCUT2D eigenvalue weighted by molar-refractivity contribution is 0.124. The lowest BCUT2D eigenvalue weighted by atomic mass is 10.2. The van der Waals surface area contributed by atoms with Crippen LogP contribution in [0.25, 0.3) is 0 Å². The number of rotatable bonds is 6. The minimum Gasteiger partial charge on any atom is -0.493 e. The first kappa shape index (κ1) is 18.5. The molecule has 1 heterocycles. The van der Waals surface area contributed by atoms with Gasteiger partial charge < -0.3 is 14.4 Å². The van der Waals surface area contributed by atoms with Gasteiger partial charge >= 0.3 is 0 Å². The van der Waals surface area contributed by atoms with Crippen molar-refractivity contribution in [3.05, 3.63) is 48.0 Å². The molecule has 26 heavy (non-hydrogen) atoms. The zero-order chi connectivity index (χ0) is 18.7. The summed E-state index contributed by atoms with van der Waals surface area (Å²) in [5.74, 6) is 1.23. The van der Waals surface area contributed by atoms with E-state index in [0.29, 0.717) is 18.0 Å². The maximum absolute atomic E-state index is 12.4. The van der Waals surface area contributed by atoms with Gasteiger partial charge in [-0.2, -0.15) is 8.42 Å². The summed E-state index contributed by atoms with van der Waals surface area (Å²) in [7, 11) is -2.24. The molecule has 1 aliphatic heterocycles. The lowest BCUT2D eigenvalue weighted by Crippen LogP contribution is -2.42. The number of para-hydroxylation sites is 1. The summed E-state index contributed by atoms with van der Waals surface area (Å²) in [5.41, 5.74) is 1.92. The smallest absolute Gasteiger partial charge is 0.297 e. The van der Waals surface area contributed by atoms with E-state index in [1.165, 1.54) is 0 Å². The van der Waals surface area contributed by atoms with Crippen molar-refractivity contribution in [3.8, 4) is 11.5 Å². The number of methoxy groups -OCH3 is 1. The molecule has 1 unspecified atom stereocenters. The summed E-state index contributed by atoms with van der Waals surface area (Å²) in [4.78, 5) is 2.26. The Morgan fingerprint density at radius 2 is 1.92 bits per heavy atom. The van der Waals surface area contributed by atoms with Crippen molar-refractivity contribution in [2.24, 2.45) is 0 Å². The third-order valence-electron chi connectivity index (χ3n) is 4.33. The van der Waals surface area contributed by atoms with Gasteiger partial charge in [-0.1, -0.05) is 23.8 Å². The van der Waals surface area contributed by atoms with Crippen molar-refractivity contribution in [1.29, 1.82) is 0 Å². The molecule has 0 radical (unpaired) electrons. The highest BCUT2D eigenvalue weighted by atomic mass is 32.2. The Balaban J connectivity index is 1.75. The van der Waals surface area contributed by atoms with Gasteiger partial charge in [0.25, 0.3) is 10.1 Å². The minimum absolute atomic E-state index is 0.0653. The number of hydrogen-bond acceptors (Lipinski definition) is 6. The molecule has 0 saturated carbocycles. The third kappa shape index (κ3) is 3.78. The number of likely N-dealkylation sites (N-methyl/N-ethyl adjacent to an activating group) is 1. The van der Waals surface area contributed by atoms with Crippen LogP contribution < -0.4 is 14.4 Å². The van der Waals surface area contributed by atoms with Crippen LogP contribution in [0.4, 0.5) is 5.69 Å². The number of fused-ring (bicyclic) bond motifs is 1. The Hall–Kier alpha value is -2.25. The molecule has 0 spiro atoms. The van der Waals surface area contributed by atoms with Crippen LogP contribution in [0.5, 0.6) is 11.5 Å². The Morgan fingerprint density at radius 3 is 2.58 bits per heavy atom. The normalized spacial score (nSPS) is 16.7. The maximum Gasteiger partial charge on any atom is 0.297 e. The van der Waals surface area contributed by atoms with Gasteiger partial charge in [-0.25, -0.2) is 0 Å². The van der Waals surface area contributed by atoms with Gasteiger partial charge in [0.2, 0.25) is 0 Å². The van der Waals surface area contributed by atoms with Gasteiger partial charge in [-0.15, -0.1) is 0 Å². The van der Waals surface area contributed by atoms with E-state index in [1.807, 2.05) is 32.0 Å². The topological polar surface area (TPSA) is 65.1 Å². The van der Waals surface area contributed by atoms with Gasteiger partial charge in [0, 0.05) is 6.54 Å². The van der Waals surface area contributed by atoms with Crippen LogP contribution in [0.1, 0.15) is 12.5 Å². The van der Waals surface area contributed by atoms with Crippen molar-refractivity contribution in [2.45, 2.75) is 24.8 Å². The first-order chi connectivity index (χ1) is 12.4. The highest BCUT2D eigenvalue weighted by Crippen LogP contribution is 2.41. The fraction of sp³-hybridized carbons (Fsp3) is 0.368. The standard InChI is InChI=1S/C19H23NO5S/c1-4-20-12-15(25-19-17(20)6-5-7-18(19)23-3)13-24-26(21,22)16-10-8-14(2)9-11-16/h5-11,15H,4,12-13H2,1-3H3. The van der Waals surface area contributed by atoms with Crippen LogP contribution >= 0.6 is 0 Å². The average molecular weight is 377 g/mol. The zero-order valence-corrected chi connectivity index (χ0v) is 16.0. The molecule has 3 rings (SSSR count). The molecule has 0 N–H and O–H groups in total. The molecule has 0 saturated heterocycles. The molecule has 1 atom stereocenters. The summed E-state index contributed by atoms with van der Waals surface area (Å²) in [6.07, 6.45) is -0.418. The summed E-state index contributed by atoms with van der Waals surface area (Å²) in [6.45, 7) is 5.18. The minimum atomic E-state index is -3.82. The molecule has 2 aromatic carbocycles. The van der Waals surface area contributed by atoms with E-state index < -0.39 is 16.2 Å². The van der Waals surface area contributed by atoms with Crippen LogP contribution in [0.2, 0.25) is 0 Å². The van der Waals surface area contributed by atoms with Crippen molar-refractivity contribution in [3.63, 3.8) is 0 Å². The van der Waals surface area contributed by atoms with Crippen molar-refractivity contribution < 1.29 is 22.1 Å². The first-order valence-corrected chi connectivity index (χ1v) is 9.90. The summed E-state index contributed by atoms with van der Waals surface area (Å²) >= 11 is 0. The molecule has 0 bridgehead atoms. The van der Waals surface area contributed by atoms with Gasteiger partial charge in [0.1, 0.15) is 12.7 Å². The van der Waals surface area contributed by atoms with E-state index in [1.54, 1.807) is 31.4 Å². The van der Waals surface area contributed by atoms with Gasteiger partial charge in [-0.3, -0.25) is 4.18 Å². The molecular formula is C19H23NO5S. The number of aryl methyl sites for hydroxylation is 1. The molecule has 0 aliphatic carbocycles. The van der Waals surface area contributed by atoms with E-state index in [-0.39, 0.29) is 11.5 Å². The Morgan fingerprint density at radius 1 is 1.19 bits per heavy atom. The third-order valence-corrected chi connectivity index (χ3v) is 5.62. The molecule has 0 amide bonds. The fourth-order valence-electron chi connectivity index (χ4n) is 2.91. The monoisotopic (exact) mass is 377 g/mol. The highest BCUT2D eigenvalue weighted by molar-refractivity contribution is 7.86. The highest BCUT2D eigenvalue weighted by Gasteiger charge is 2.29. The van der Waals surface area contributed by atoms with Gasteiger partial charge in [0.05, 0.1) is 24.2 Å². The summed E-state index contributed by atoms with van der Waals surface area (Å²) < 4.78 is 41.4. The Bertz CT molecular complexity index is 864. The SMILES string of the molecule is CCN1CC(COS(=O)(=O)c2ccc(C)cc2)Oc2c(OC)cccc21. The fourth-order valence-corrected chi connectivity index (χ4v) is 3.84. The van der Waals surface area contributed by atoms with Crippen LogP contribution in [0.3, 0.4) is 0 Å². The van der Waals surface area contributed by atoms with E-state index >= 15 is 0 Å². The molecular weight excluding hydrogens is 354 g/mol. The molecule has 6 nitrogen and oxygen atoms in total. The molecule has 0 fully saturated rings.